The Morgan fingerprint density at radius 3 is 2.71 bits per heavy atom. The van der Waals surface area contributed by atoms with Crippen LogP contribution in [-0.2, 0) is 4.79 Å². The zero-order chi connectivity index (χ0) is 19.9. The highest BCUT2D eigenvalue weighted by Crippen LogP contribution is 2.34. The van der Waals surface area contributed by atoms with Crippen LogP contribution in [0.1, 0.15) is 0 Å². The van der Waals surface area contributed by atoms with Gasteiger partial charge < -0.3 is 15.0 Å². The van der Waals surface area contributed by atoms with Crippen LogP contribution in [0.2, 0.25) is 0 Å². The monoisotopic (exact) mass is 411 g/mol. The van der Waals surface area contributed by atoms with E-state index in [1.807, 2.05) is 4.90 Å². The Labute approximate surface area is 160 Å². The predicted molar refractivity (Wildman–Crippen MR) is 97.0 cm³/mol. The first-order valence-corrected chi connectivity index (χ1v) is 9.07. The molecule has 1 amide bonds. The number of benzene rings is 2. The van der Waals surface area contributed by atoms with Crippen molar-refractivity contribution in [2.75, 3.05) is 23.3 Å². The quantitative estimate of drug-likeness (QED) is 0.647. The number of halogens is 4. The summed E-state index contributed by atoms with van der Waals surface area (Å²) in [6.45, 7) is 0.743. The summed E-state index contributed by atoms with van der Waals surface area (Å²) in [5.41, 5.74) is 0.631. The van der Waals surface area contributed by atoms with Crippen molar-refractivity contribution in [2.24, 2.45) is 5.92 Å². The number of anilines is 2. The number of nitrogens with one attached hydrogen (secondary N) is 1. The van der Waals surface area contributed by atoms with Gasteiger partial charge in [-0.25, -0.2) is 9.37 Å². The van der Waals surface area contributed by atoms with Gasteiger partial charge in [0.2, 0.25) is 5.91 Å². The molecule has 1 fully saturated rings. The van der Waals surface area contributed by atoms with Gasteiger partial charge in [0.05, 0.1) is 21.8 Å². The first-order valence-electron chi connectivity index (χ1n) is 8.25. The number of thiazole rings is 1. The van der Waals surface area contributed by atoms with Crippen molar-refractivity contribution >= 4 is 38.3 Å². The molecule has 10 heteroatoms. The molecule has 2 aromatic carbocycles. The van der Waals surface area contributed by atoms with Crippen molar-refractivity contribution in [1.29, 1.82) is 0 Å². The molecule has 28 heavy (non-hydrogen) atoms. The molecule has 1 aliphatic rings. The molecule has 1 saturated heterocycles. The fraction of sp³-hybridized carbons (Fsp3) is 0.222. The first-order chi connectivity index (χ1) is 13.3. The van der Waals surface area contributed by atoms with Crippen LogP contribution in [0, 0.1) is 11.7 Å². The summed E-state index contributed by atoms with van der Waals surface area (Å²) in [7, 11) is 0. The number of hydrogen-bond acceptors (Lipinski definition) is 5. The minimum absolute atomic E-state index is 0.0428. The average molecular weight is 411 g/mol. The Hall–Kier alpha value is -2.88. The van der Waals surface area contributed by atoms with Crippen LogP contribution in [0.25, 0.3) is 10.2 Å². The highest BCUT2D eigenvalue weighted by molar-refractivity contribution is 7.22. The number of ether oxygens (including phenoxy) is 1. The number of alkyl halides is 3. The van der Waals surface area contributed by atoms with E-state index in [2.05, 4.69) is 15.0 Å². The van der Waals surface area contributed by atoms with Crippen molar-refractivity contribution in [1.82, 2.24) is 4.98 Å². The van der Waals surface area contributed by atoms with E-state index in [-0.39, 0.29) is 11.5 Å². The Morgan fingerprint density at radius 2 is 1.96 bits per heavy atom. The van der Waals surface area contributed by atoms with Crippen molar-refractivity contribution in [3.8, 4) is 5.75 Å². The molecule has 0 bridgehead atoms. The average Bonchev–Trinajstić information content (AvgIpc) is 2.96. The molecule has 0 saturated carbocycles. The molecule has 0 atom stereocenters. The Bertz CT molecular complexity index is 1030. The number of hydrogen-bond donors (Lipinski definition) is 1. The Morgan fingerprint density at radius 1 is 1.21 bits per heavy atom. The lowest BCUT2D eigenvalue weighted by molar-refractivity contribution is -0.274. The molecule has 0 unspecified atom stereocenters. The molecule has 4 rings (SSSR count). The van der Waals surface area contributed by atoms with Crippen LogP contribution in [0.4, 0.5) is 28.4 Å². The summed E-state index contributed by atoms with van der Waals surface area (Å²) in [6.07, 6.45) is -4.85. The number of nitrogens with zero attached hydrogens (tertiary/aromatic N) is 2. The molecule has 2 heterocycles. The Balaban J connectivity index is 1.40. The number of amides is 1. The lowest BCUT2D eigenvalue weighted by Gasteiger charge is -2.38. The molecule has 0 aliphatic carbocycles. The van der Waals surface area contributed by atoms with Crippen molar-refractivity contribution in [2.45, 2.75) is 6.36 Å². The fourth-order valence-corrected chi connectivity index (χ4v) is 3.85. The van der Waals surface area contributed by atoms with Crippen LogP contribution in [0.3, 0.4) is 0 Å². The van der Waals surface area contributed by atoms with Gasteiger partial charge >= 0.3 is 6.36 Å². The van der Waals surface area contributed by atoms with E-state index < -0.39 is 23.9 Å². The maximum Gasteiger partial charge on any atom is 0.573 e. The largest absolute Gasteiger partial charge is 0.573 e. The van der Waals surface area contributed by atoms with Gasteiger partial charge in [-0.3, -0.25) is 4.79 Å². The number of para-hydroxylation sites is 2. The molecule has 1 aromatic heterocycles. The first kappa shape index (κ1) is 18.5. The molecule has 1 aliphatic heterocycles. The van der Waals surface area contributed by atoms with Gasteiger partial charge in [0.1, 0.15) is 5.82 Å². The van der Waals surface area contributed by atoms with E-state index in [9.17, 15) is 22.4 Å². The van der Waals surface area contributed by atoms with Gasteiger partial charge in [-0.1, -0.05) is 23.5 Å². The normalized spacial score (nSPS) is 14.8. The number of carbonyl (C=O) groups is 1. The number of carbonyl (C=O) groups excluding carboxylic acids is 1. The molecule has 146 valence electrons. The van der Waals surface area contributed by atoms with Gasteiger partial charge in [0.25, 0.3) is 0 Å². The summed E-state index contributed by atoms with van der Waals surface area (Å²) in [4.78, 5) is 18.6. The SMILES string of the molecule is O=C(Nc1ccccc1OC(F)(F)F)C1CN(c2nc3ccc(F)cc3s2)C1. The minimum Gasteiger partial charge on any atom is -0.404 e. The van der Waals surface area contributed by atoms with E-state index >= 15 is 0 Å². The molecular formula is C18H13F4N3O2S. The molecular weight excluding hydrogens is 398 g/mol. The summed E-state index contributed by atoms with van der Waals surface area (Å²) in [5.74, 6) is -1.61. The summed E-state index contributed by atoms with van der Waals surface area (Å²) in [6, 6.07) is 9.70. The second kappa shape index (κ2) is 6.93. The zero-order valence-electron chi connectivity index (χ0n) is 14.2. The topological polar surface area (TPSA) is 54.5 Å². The van der Waals surface area contributed by atoms with E-state index in [4.69, 9.17) is 0 Å². The van der Waals surface area contributed by atoms with E-state index in [0.29, 0.717) is 28.4 Å². The van der Waals surface area contributed by atoms with Crippen LogP contribution in [-0.4, -0.2) is 30.3 Å². The molecule has 0 spiro atoms. The van der Waals surface area contributed by atoms with Crippen molar-refractivity contribution < 1.29 is 27.1 Å². The lowest BCUT2D eigenvalue weighted by atomic mass is 10.00. The summed E-state index contributed by atoms with van der Waals surface area (Å²) >= 11 is 1.32. The van der Waals surface area contributed by atoms with Crippen LogP contribution < -0.4 is 15.0 Å². The van der Waals surface area contributed by atoms with E-state index in [1.54, 1.807) is 6.07 Å². The Kier molecular flexibility index (Phi) is 4.58. The summed E-state index contributed by atoms with van der Waals surface area (Å²) < 4.78 is 55.4. The van der Waals surface area contributed by atoms with Gasteiger partial charge in [0, 0.05) is 13.1 Å². The van der Waals surface area contributed by atoms with E-state index in [0.717, 1.165) is 6.07 Å². The van der Waals surface area contributed by atoms with Crippen LogP contribution in [0.15, 0.2) is 42.5 Å². The molecule has 5 nitrogen and oxygen atoms in total. The van der Waals surface area contributed by atoms with Gasteiger partial charge in [-0.05, 0) is 30.3 Å². The van der Waals surface area contributed by atoms with Gasteiger partial charge in [0.15, 0.2) is 10.9 Å². The second-order valence-electron chi connectivity index (χ2n) is 6.24. The molecule has 3 aromatic rings. The van der Waals surface area contributed by atoms with Crippen molar-refractivity contribution in [3.63, 3.8) is 0 Å². The van der Waals surface area contributed by atoms with Crippen LogP contribution in [0.5, 0.6) is 5.75 Å². The maximum atomic E-state index is 13.3. The third-order valence-corrected chi connectivity index (χ3v) is 5.31. The highest BCUT2D eigenvalue weighted by Gasteiger charge is 2.36. The van der Waals surface area contributed by atoms with Crippen molar-refractivity contribution in [3.05, 3.63) is 48.3 Å². The standard InChI is InChI=1S/C18H13F4N3O2S/c19-11-5-6-13-15(7-11)28-17(24-13)25-8-10(9-25)16(26)23-12-3-1-2-4-14(12)27-18(20,21)22/h1-7,10H,8-9H2,(H,23,26). The summed E-state index contributed by atoms with van der Waals surface area (Å²) in [5, 5.41) is 3.16. The third kappa shape index (κ3) is 3.86. The third-order valence-electron chi connectivity index (χ3n) is 4.23. The zero-order valence-corrected chi connectivity index (χ0v) is 15.0. The highest BCUT2D eigenvalue weighted by atomic mass is 32.1. The van der Waals surface area contributed by atoms with Gasteiger partial charge in [-0.2, -0.15) is 0 Å². The van der Waals surface area contributed by atoms with E-state index in [1.165, 1.54) is 41.7 Å². The lowest BCUT2D eigenvalue weighted by Crippen LogP contribution is -2.52. The number of aromatic nitrogens is 1. The van der Waals surface area contributed by atoms with Gasteiger partial charge in [-0.15, -0.1) is 13.2 Å². The van der Waals surface area contributed by atoms with Crippen LogP contribution >= 0.6 is 11.3 Å². The second-order valence-corrected chi connectivity index (χ2v) is 7.25. The smallest absolute Gasteiger partial charge is 0.404 e. The maximum absolute atomic E-state index is 13.3. The number of rotatable bonds is 4. The fourth-order valence-electron chi connectivity index (χ4n) is 2.84. The molecule has 0 radical (unpaired) electrons. The molecule has 1 N–H and O–H groups in total. The number of fused-ring (bicyclic) bond motifs is 1. The minimum atomic E-state index is -4.85. The predicted octanol–water partition coefficient (Wildman–Crippen LogP) is 4.41.